The first-order chi connectivity index (χ1) is 8.54. The van der Waals surface area contributed by atoms with Crippen molar-refractivity contribution in [3.63, 3.8) is 0 Å². The zero-order valence-electron chi connectivity index (χ0n) is 10.5. The molecule has 0 aliphatic heterocycles. The molecule has 0 aromatic carbocycles. The van der Waals surface area contributed by atoms with Gasteiger partial charge in [0.1, 0.15) is 0 Å². The third-order valence-electron chi connectivity index (χ3n) is 3.32. The number of alkyl halides is 3. The molecule has 1 fully saturated rings. The van der Waals surface area contributed by atoms with Crippen molar-refractivity contribution in [1.82, 2.24) is 5.32 Å². The van der Waals surface area contributed by atoms with Crippen LogP contribution in [-0.2, 0) is 4.74 Å². The molecule has 0 bridgehead atoms. The van der Waals surface area contributed by atoms with E-state index in [1.165, 1.54) is 0 Å². The first-order valence-corrected chi connectivity index (χ1v) is 6.52. The van der Waals surface area contributed by atoms with Crippen LogP contribution < -0.4 is 5.32 Å². The molecule has 0 saturated heterocycles. The summed E-state index contributed by atoms with van der Waals surface area (Å²) >= 11 is 0. The Balaban J connectivity index is 2.02. The van der Waals surface area contributed by atoms with Crippen LogP contribution in [0.1, 0.15) is 32.1 Å². The predicted octanol–water partition coefficient (Wildman–Crippen LogP) is 2.10. The number of rotatable bonds is 7. The molecule has 108 valence electrons. The Kier molecular flexibility index (Phi) is 6.96. The van der Waals surface area contributed by atoms with Crippen molar-refractivity contribution in [3.05, 3.63) is 0 Å². The molecule has 1 aliphatic rings. The van der Waals surface area contributed by atoms with Crippen LogP contribution >= 0.6 is 0 Å². The summed E-state index contributed by atoms with van der Waals surface area (Å²) in [4.78, 5) is 0. The minimum atomic E-state index is -4.02. The highest BCUT2D eigenvalue weighted by Crippen LogP contribution is 2.37. The van der Waals surface area contributed by atoms with Gasteiger partial charge >= 0.3 is 6.18 Å². The summed E-state index contributed by atoms with van der Waals surface area (Å²) in [6.45, 7) is 1.70. The van der Waals surface area contributed by atoms with Gasteiger partial charge in [-0.25, -0.2) is 0 Å². The van der Waals surface area contributed by atoms with E-state index in [-0.39, 0.29) is 25.5 Å². The topological polar surface area (TPSA) is 41.5 Å². The molecule has 0 aromatic rings. The molecular weight excluding hydrogens is 247 g/mol. The molecule has 0 unspecified atom stereocenters. The van der Waals surface area contributed by atoms with Gasteiger partial charge in [0.2, 0.25) is 0 Å². The fourth-order valence-electron chi connectivity index (χ4n) is 2.27. The first-order valence-electron chi connectivity index (χ1n) is 6.52. The smallest absolute Gasteiger partial charge is 0.391 e. The SMILES string of the molecule is OCCOCCCNC1CCC(C(F)(F)F)CC1. The lowest BCUT2D eigenvalue weighted by atomic mass is 9.85. The van der Waals surface area contributed by atoms with Crippen LogP contribution in [0.3, 0.4) is 0 Å². The van der Waals surface area contributed by atoms with E-state index < -0.39 is 12.1 Å². The molecule has 0 aromatic heterocycles. The van der Waals surface area contributed by atoms with E-state index in [0.29, 0.717) is 26.1 Å². The van der Waals surface area contributed by atoms with Gasteiger partial charge in [-0.3, -0.25) is 0 Å². The van der Waals surface area contributed by atoms with Gasteiger partial charge in [0.05, 0.1) is 19.1 Å². The standard InChI is InChI=1S/C12H22F3NO2/c13-12(14,15)10-2-4-11(5-3-10)16-6-1-8-18-9-7-17/h10-11,16-17H,1-9H2. The Morgan fingerprint density at radius 2 is 1.78 bits per heavy atom. The summed E-state index contributed by atoms with van der Waals surface area (Å²) in [6, 6.07) is 0.210. The minimum Gasteiger partial charge on any atom is -0.394 e. The number of halogens is 3. The fourth-order valence-corrected chi connectivity index (χ4v) is 2.27. The maximum atomic E-state index is 12.4. The molecule has 0 atom stereocenters. The van der Waals surface area contributed by atoms with Crippen molar-refractivity contribution in [2.45, 2.75) is 44.3 Å². The molecule has 3 nitrogen and oxygen atoms in total. The summed E-state index contributed by atoms with van der Waals surface area (Å²) < 4.78 is 42.4. The van der Waals surface area contributed by atoms with E-state index in [1.54, 1.807) is 0 Å². The summed E-state index contributed by atoms with van der Waals surface area (Å²) in [7, 11) is 0. The van der Waals surface area contributed by atoms with Crippen LogP contribution in [0.2, 0.25) is 0 Å². The fraction of sp³-hybridized carbons (Fsp3) is 1.00. The zero-order chi connectivity index (χ0) is 13.4. The van der Waals surface area contributed by atoms with Crippen LogP contribution in [0.25, 0.3) is 0 Å². The van der Waals surface area contributed by atoms with Crippen molar-refractivity contribution in [2.24, 2.45) is 5.92 Å². The molecule has 0 radical (unpaired) electrons. The monoisotopic (exact) mass is 269 g/mol. The predicted molar refractivity (Wildman–Crippen MR) is 62.3 cm³/mol. The van der Waals surface area contributed by atoms with Gasteiger partial charge in [0.15, 0.2) is 0 Å². The lowest BCUT2D eigenvalue weighted by molar-refractivity contribution is -0.182. The zero-order valence-corrected chi connectivity index (χ0v) is 10.5. The number of nitrogens with one attached hydrogen (secondary N) is 1. The molecule has 0 amide bonds. The second-order valence-electron chi connectivity index (χ2n) is 4.73. The normalized spacial score (nSPS) is 25.3. The van der Waals surface area contributed by atoms with E-state index in [9.17, 15) is 13.2 Å². The second-order valence-corrected chi connectivity index (χ2v) is 4.73. The van der Waals surface area contributed by atoms with Gasteiger partial charge in [-0.05, 0) is 38.6 Å². The molecule has 1 aliphatic carbocycles. The summed E-state index contributed by atoms with van der Waals surface area (Å²) in [5, 5.41) is 11.7. The first kappa shape index (κ1) is 15.7. The Bertz CT molecular complexity index is 216. The maximum Gasteiger partial charge on any atom is 0.391 e. The van der Waals surface area contributed by atoms with Crippen LogP contribution in [0.4, 0.5) is 13.2 Å². The highest BCUT2D eigenvalue weighted by Gasteiger charge is 2.41. The third-order valence-corrected chi connectivity index (χ3v) is 3.32. The highest BCUT2D eigenvalue weighted by molar-refractivity contribution is 4.80. The Morgan fingerprint density at radius 3 is 2.33 bits per heavy atom. The van der Waals surface area contributed by atoms with E-state index in [0.717, 1.165) is 13.0 Å². The van der Waals surface area contributed by atoms with Gasteiger partial charge in [-0.2, -0.15) is 13.2 Å². The third kappa shape index (κ3) is 6.02. The number of aliphatic hydroxyl groups excluding tert-OH is 1. The van der Waals surface area contributed by atoms with E-state index in [2.05, 4.69) is 5.32 Å². The number of hydrogen-bond donors (Lipinski definition) is 2. The average Bonchev–Trinajstić information content (AvgIpc) is 2.33. The Morgan fingerprint density at radius 1 is 1.11 bits per heavy atom. The molecule has 0 heterocycles. The van der Waals surface area contributed by atoms with Crippen LogP contribution in [0.5, 0.6) is 0 Å². The second kappa shape index (κ2) is 7.96. The molecule has 2 N–H and O–H groups in total. The van der Waals surface area contributed by atoms with Gasteiger partial charge in [0.25, 0.3) is 0 Å². The quantitative estimate of drug-likeness (QED) is 0.695. The molecule has 6 heteroatoms. The maximum absolute atomic E-state index is 12.4. The lowest BCUT2D eigenvalue weighted by Gasteiger charge is -2.30. The highest BCUT2D eigenvalue weighted by atomic mass is 19.4. The van der Waals surface area contributed by atoms with Crippen molar-refractivity contribution >= 4 is 0 Å². The van der Waals surface area contributed by atoms with Gasteiger partial charge in [-0.15, -0.1) is 0 Å². The average molecular weight is 269 g/mol. The summed E-state index contributed by atoms with van der Waals surface area (Å²) in [5.41, 5.74) is 0. The molecule has 18 heavy (non-hydrogen) atoms. The summed E-state index contributed by atoms with van der Waals surface area (Å²) in [5.74, 6) is -1.11. The van der Waals surface area contributed by atoms with Gasteiger partial charge in [-0.1, -0.05) is 0 Å². The molecule has 0 spiro atoms. The van der Waals surface area contributed by atoms with Crippen LogP contribution in [0.15, 0.2) is 0 Å². The molecule has 1 rings (SSSR count). The van der Waals surface area contributed by atoms with Crippen molar-refractivity contribution in [2.75, 3.05) is 26.4 Å². The summed E-state index contributed by atoms with van der Waals surface area (Å²) in [6.07, 6.45) is -1.53. The van der Waals surface area contributed by atoms with E-state index >= 15 is 0 Å². The molecule has 1 saturated carbocycles. The van der Waals surface area contributed by atoms with Crippen molar-refractivity contribution < 1.29 is 23.0 Å². The lowest BCUT2D eigenvalue weighted by Crippen LogP contribution is -2.37. The van der Waals surface area contributed by atoms with Gasteiger partial charge in [0, 0.05) is 12.6 Å². The van der Waals surface area contributed by atoms with Crippen molar-refractivity contribution in [3.8, 4) is 0 Å². The van der Waals surface area contributed by atoms with Crippen LogP contribution in [-0.4, -0.2) is 43.7 Å². The van der Waals surface area contributed by atoms with Gasteiger partial charge < -0.3 is 15.2 Å². The molecular formula is C12H22F3NO2. The Labute approximate surface area is 106 Å². The largest absolute Gasteiger partial charge is 0.394 e. The Hall–Kier alpha value is -0.330. The number of aliphatic hydroxyl groups is 1. The van der Waals surface area contributed by atoms with Crippen molar-refractivity contribution in [1.29, 1.82) is 0 Å². The number of ether oxygens (including phenoxy) is 1. The van der Waals surface area contributed by atoms with E-state index in [1.807, 2.05) is 0 Å². The number of hydrogen-bond acceptors (Lipinski definition) is 3. The van der Waals surface area contributed by atoms with Crippen LogP contribution in [0, 0.1) is 5.92 Å². The minimum absolute atomic E-state index is 0.0227. The van der Waals surface area contributed by atoms with E-state index in [4.69, 9.17) is 9.84 Å².